The monoisotopic (exact) mass is 629 g/mol. The maximum atomic E-state index is 13.0. The molecule has 2 aliphatic carbocycles. The number of alkyl halides is 6. The summed E-state index contributed by atoms with van der Waals surface area (Å²) in [6.45, 7) is 7.24. The van der Waals surface area contributed by atoms with Crippen LogP contribution in [0.5, 0.6) is 0 Å². The normalized spacial score (nSPS) is 16.0. The topological polar surface area (TPSA) is 92.1 Å². The van der Waals surface area contributed by atoms with Gasteiger partial charge in [-0.25, -0.2) is 16.8 Å². The highest BCUT2D eigenvalue weighted by molar-refractivity contribution is 8.00. The molecular weight excluding hydrogens is 594 g/mol. The molecule has 0 aromatic heterocycles. The van der Waals surface area contributed by atoms with Crippen molar-refractivity contribution in [3.05, 3.63) is 56.9 Å². The molecule has 0 spiro atoms. The quantitative estimate of drug-likeness (QED) is 0.171. The summed E-state index contributed by atoms with van der Waals surface area (Å²) in [7, 11) is -8.39. The number of hydrogen-bond donors (Lipinski definition) is 1. The van der Waals surface area contributed by atoms with Gasteiger partial charge in [0.1, 0.15) is 4.91 Å². The number of sulfone groups is 2. The number of rotatable bonds is 10. The first-order valence-corrected chi connectivity index (χ1v) is 16.0. The number of halogens is 6. The van der Waals surface area contributed by atoms with Crippen molar-refractivity contribution in [2.45, 2.75) is 63.4 Å². The van der Waals surface area contributed by atoms with Crippen molar-refractivity contribution in [2.75, 3.05) is 27.2 Å². The summed E-state index contributed by atoms with van der Waals surface area (Å²) < 4.78 is 127. The molecule has 14 heteroatoms. The van der Waals surface area contributed by atoms with Crippen molar-refractivity contribution >= 4 is 37.0 Å². The fourth-order valence-corrected chi connectivity index (χ4v) is 7.08. The SMILES string of the molecule is CCCCCCC[N+](C)(C)CCC.N=C1C2=Cc3ccccc3C2=CC(S(=O)(=O)C(F)(F)F)=C1S(=O)(=O)C(F)(F)F. The van der Waals surface area contributed by atoms with Crippen molar-refractivity contribution < 1.29 is 47.7 Å². The van der Waals surface area contributed by atoms with Crippen LogP contribution in [-0.4, -0.2) is 65.2 Å². The number of quaternary nitrogens is 1. The van der Waals surface area contributed by atoms with E-state index in [1.54, 1.807) is 0 Å². The second kappa shape index (κ2) is 12.8. The standard InChI is InChI=1S/C15H7F6NO4S2.C12H28N/c16-14(17,18)27(23,24)11-6-9-8-4-2-1-3-7(8)5-10(9)12(22)13(11)28(25,26)15(19,20)21;1-5-7-8-9-10-12-13(3,4)11-6-2/h1-6,22H;5-12H2,1-4H3/q;+1. The Hall–Kier alpha value is -2.45. The minimum atomic E-state index is -6.58. The van der Waals surface area contributed by atoms with E-state index in [4.69, 9.17) is 5.41 Å². The van der Waals surface area contributed by atoms with Gasteiger partial charge in [0, 0.05) is 5.57 Å². The van der Waals surface area contributed by atoms with Crippen LogP contribution < -0.4 is 0 Å². The predicted octanol–water partition coefficient (Wildman–Crippen LogP) is 7.02. The highest BCUT2D eigenvalue weighted by Gasteiger charge is 2.57. The molecule has 0 atom stereocenters. The van der Waals surface area contributed by atoms with E-state index in [-0.39, 0.29) is 22.8 Å². The lowest BCUT2D eigenvalue weighted by atomic mass is 9.95. The van der Waals surface area contributed by atoms with Gasteiger partial charge in [-0.3, -0.25) is 5.41 Å². The van der Waals surface area contributed by atoms with Crippen molar-refractivity contribution in [2.24, 2.45) is 0 Å². The average molecular weight is 630 g/mol. The summed E-state index contributed by atoms with van der Waals surface area (Å²) in [5.41, 5.74) is -13.9. The van der Waals surface area contributed by atoms with Crippen LogP contribution in [0.15, 0.2) is 45.7 Å². The van der Waals surface area contributed by atoms with E-state index in [9.17, 15) is 43.2 Å². The average Bonchev–Trinajstić information content (AvgIpc) is 3.22. The van der Waals surface area contributed by atoms with Gasteiger partial charge in [0.05, 0.1) is 37.8 Å². The van der Waals surface area contributed by atoms with Gasteiger partial charge in [-0.05, 0) is 48.1 Å². The van der Waals surface area contributed by atoms with E-state index in [0.29, 0.717) is 0 Å². The smallest absolute Gasteiger partial charge is 0.328 e. The van der Waals surface area contributed by atoms with Gasteiger partial charge < -0.3 is 4.48 Å². The molecule has 2 aliphatic rings. The Morgan fingerprint density at radius 2 is 1.29 bits per heavy atom. The molecule has 1 N–H and O–H groups in total. The number of hydrogen-bond acceptors (Lipinski definition) is 5. The number of fused-ring (bicyclic) bond motifs is 3. The van der Waals surface area contributed by atoms with Crippen LogP contribution in [-0.2, 0) is 19.7 Å². The molecule has 0 saturated heterocycles. The Balaban J connectivity index is 0.000000383. The molecule has 230 valence electrons. The Kier molecular flexibility index (Phi) is 10.9. The van der Waals surface area contributed by atoms with E-state index in [1.807, 2.05) is 0 Å². The number of allylic oxidation sites excluding steroid dienone is 4. The van der Waals surface area contributed by atoms with Crippen LogP contribution in [0.4, 0.5) is 26.3 Å². The van der Waals surface area contributed by atoms with Crippen molar-refractivity contribution in [1.29, 1.82) is 5.41 Å². The zero-order chi connectivity index (χ0) is 31.4. The van der Waals surface area contributed by atoms with Gasteiger partial charge in [0.2, 0.25) is 0 Å². The molecule has 0 amide bonds. The third kappa shape index (κ3) is 7.69. The highest BCUT2D eigenvalue weighted by atomic mass is 32.2. The molecule has 6 nitrogen and oxygen atoms in total. The van der Waals surface area contributed by atoms with E-state index in [2.05, 4.69) is 27.9 Å². The second-order valence-corrected chi connectivity index (χ2v) is 14.3. The lowest BCUT2D eigenvalue weighted by Gasteiger charge is -2.29. The maximum absolute atomic E-state index is 13.0. The van der Waals surface area contributed by atoms with Crippen LogP contribution in [0.1, 0.15) is 63.5 Å². The van der Waals surface area contributed by atoms with Gasteiger partial charge in [-0.2, -0.15) is 26.3 Å². The summed E-state index contributed by atoms with van der Waals surface area (Å²) >= 11 is 0. The molecular formula is C27H35F6N2O4S2+. The zero-order valence-corrected chi connectivity index (χ0v) is 24.9. The summed E-state index contributed by atoms with van der Waals surface area (Å²) in [6.07, 6.45) is 9.68. The molecule has 1 aromatic rings. The van der Waals surface area contributed by atoms with Crippen LogP contribution in [0.25, 0.3) is 11.6 Å². The van der Waals surface area contributed by atoms with Crippen LogP contribution in [0, 0.1) is 5.41 Å². The molecule has 0 unspecified atom stereocenters. The minimum absolute atomic E-state index is 0.153. The number of unbranched alkanes of at least 4 members (excludes halogenated alkanes) is 4. The van der Waals surface area contributed by atoms with Crippen molar-refractivity contribution in [1.82, 2.24) is 0 Å². The molecule has 0 radical (unpaired) electrons. The van der Waals surface area contributed by atoms with Gasteiger partial charge in [0.15, 0.2) is 0 Å². The molecule has 0 fully saturated rings. The second-order valence-electron chi connectivity index (χ2n) is 10.5. The molecule has 0 bridgehead atoms. The highest BCUT2D eigenvalue weighted by Crippen LogP contribution is 2.47. The molecule has 3 rings (SSSR count). The Morgan fingerprint density at radius 3 is 1.83 bits per heavy atom. The lowest BCUT2D eigenvalue weighted by Crippen LogP contribution is -2.40. The molecule has 0 heterocycles. The third-order valence-electron chi connectivity index (χ3n) is 6.70. The summed E-state index contributed by atoms with van der Waals surface area (Å²) in [5.74, 6) is 0. The largest absolute Gasteiger partial charge is 0.502 e. The number of nitrogens with one attached hydrogen (secondary N) is 1. The molecule has 0 saturated carbocycles. The van der Waals surface area contributed by atoms with Gasteiger partial charge >= 0.3 is 11.0 Å². The van der Waals surface area contributed by atoms with E-state index in [0.717, 1.165) is 6.08 Å². The first-order valence-electron chi connectivity index (χ1n) is 13.0. The summed E-state index contributed by atoms with van der Waals surface area (Å²) in [5, 5.41) is 7.82. The predicted molar refractivity (Wildman–Crippen MR) is 148 cm³/mol. The summed E-state index contributed by atoms with van der Waals surface area (Å²) in [4.78, 5) is -4.38. The van der Waals surface area contributed by atoms with Crippen LogP contribution in [0.3, 0.4) is 0 Å². The molecule has 0 aliphatic heterocycles. The van der Waals surface area contributed by atoms with Gasteiger partial charge in [-0.1, -0.05) is 57.4 Å². The van der Waals surface area contributed by atoms with Crippen molar-refractivity contribution in [3.8, 4) is 0 Å². The number of benzene rings is 1. The Morgan fingerprint density at radius 1 is 0.732 bits per heavy atom. The fraction of sp³-hybridized carbons (Fsp3) is 0.519. The van der Waals surface area contributed by atoms with Crippen LogP contribution in [0.2, 0.25) is 0 Å². The Labute approximate surface area is 237 Å². The van der Waals surface area contributed by atoms with Crippen LogP contribution >= 0.6 is 0 Å². The van der Waals surface area contributed by atoms with Crippen molar-refractivity contribution in [3.63, 3.8) is 0 Å². The van der Waals surface area contributed by atoms with E-state index < -0.39 is 51.8 Å². The molecule has 41 heavy (non-hydrogen) atoms. The fourth-order valence-electron chi connectivity index (χ4n) is 4.62. The number of nitrogens with zero attached hydrogens (tertiary/aromatic N) is 1. The lowest BCUT2D eigenvalue weighted by molar-refractivity contribution is -0.890. The first kappa shape index (κ1) is 34.7. The third-order valence-corrected chi connectivity index (χ3v) is 9.91. The molecule has 1 aromatic carbocycles. The first-order chi connectivity index (χ1) is 18.7. The maximum Gasteiger partial charge on any atom is 0.502 e. The summed E-state index contributed by atoms with van der Waals surface area (Å²) in [6, 6.07) is 5.69. The van der Waals surface area contributed by atoms with Gasteiger partial charge in [0.25, 0.3) is 19.7 Å². The minimum Gasteiger partial charge on any atom is -0.328 e. The van der Waals surface area contributed by atoms with E-state index in [1.165, 1.54) is 80.4 Å². The zero-order valence-electron chi connectivity index (χ0n) is 23.3. The van der Waals surface area contributed by atoms with Gasteiger partial charge in [-0.15, -0.1) is 0 Å². The van der Waals surface area contributed by atoms with E-state index >= 15 is 0 Å². The Bertz CT molecular complexity index is 1450.